The first-order valence-electron chi connectivity index (χ1n) is 10.2. The summed E-state index contributed by atoms with van der Waals surface area (Å²) in [7, 11) is 0. The van der Waals surface area contributed by atoms with E-state index in [1.54, 1.807) is 6.07 Å². The van der Waals surface area contributed by atoms with E-state index < -0.39 is 0 Å². The lowest BCUT2D eigenvalue weighted by molar-refractivity contribution is 0.206. The van der Waals surface area contributed by atoms with Gasteiger partial charge in [-0.1, -0.05) is 6.92 Å². The van der Waals surface area contributed by atoms with Crippen molar-refractivity contribution >= 4 is 40.8 Å². The number of benzene rings is 1. The van der Waals surface area contributed by atoms with Crippen LogP contribution in [0.1, 0.15) is 38.7 Å². The molecule has 0 spiro atoms. The number of hydrogen-bond acceptors (Lipinski definition) is 2. The van der Waals surface area contributed by atoms with Gasteiger partial charge in [0.25, 0.3) is 0 Å². The SMILES string of the molecule is CCCN1CCC(NC(=NCCc2c[nH]c3cc(F)ccc23)NCC)CC1.I. The van der Waals surface area contributed by atoms with Crippen LogP contribution in [0.4, 0.5) is 4.39 Å². The van der Waals surface area contributed by atoms with Crippen LogP contribution in [0.2, 0.25) is 0 Å². The molecule has 3 N–H and O–H groups in total. The number of fused-ring (bicyclic) bond motifs is 1. The lowest BCUT2D eigenvalue weighted by atomic mass is 10.1. The predicted octanol–water partition coefficient (Wildman–Crippen LogP) is 3.90. The summed E-state index contributed by atoms with van der Waals surface area (Å²) < 4.78 is 13.3. The van der Waals surface area contributed by atoms with Crippen molar-refractivity contribution < 1.29 is 4.39 Å². The van der Waals surface area contributed by atoms with E-state index in [9.17, 15) is 4.39 Å². The van der Waals surface area contributed by atoms with Crippen LogP contribution in [0.5, 0.6) is 0 Å². The number of aromatic nitrogens is 1. The lowest BCUT2D eigenvalue weighted by Crippen LogP contribution is -2.48. The van der Waals surface area contributed by atoms with Gasteiger partial charge in [0.15, 0.2) is 5.96 Å². The first kappa shape index (κ1) is 22.9. The van der Waals surface area contributed by atoms with Crippen molar-refractivity contribution in [1.29, 1.82) is 0 Å². The maximum atomic E-state index is 13.3. The monoisotopic (exact) mass is 501 g/mol. The Morgan fingerprint density at radius 3 is 2.79 bits per heavy atom. The molecule has 3 rings (SSSR count). The molecular weight excluding hydrogens is 468 g/mol. The normalized spacial score (nSPS) is 16.2. The predicted molar refractivity (Wildman–Crippen MR) is 126 cm³/mol. The molecule has 5 nitrogen and oxygen atoms in total. The molecule has 0 atom stereocenters. The number of piperidine rings is 1. The van der Waals surface area contributed by atoms with E-state index in [2.05, 4.69) is 34.4 Å². The van der Waals surface area contributed by atoms with E-state index in [-0.39, 0.29) is 29.8 Å². The molecule has 0 amide bonds. The van der Waals surface area contributed by atoms with Gasteiger partial charge in [0, 0.05) is 49.3 Å². The van der Waals surface area contributed by atoms with Crippen molar-refractivity contribution in [2.24, 2.45) is 4.99 Å². The Morgan fingerprint density at radius 2 is 2.07 bits per heavy atom. The van der Waals surface area contributed by atoms with E-state index in [1.165, 1.54) is 37.4 Å². The fourth-order valence-corrected chi connectivity index (χ4v) is 3.78. The number of aliphatic imine (C=N–C) groups is 1. The molecular formula is C21H33FIN5. The van der Waals surface area contributed by atoms with Gasteiger partial charge in [-0.3, -0.25) is 4.99 Å². The minimum atomic E-state index is -0.211. The Kier molecular flexibility index (Phi) is 9.50. The number of H-pyrrole nitrogens is 1. The highest BCUT2D eigenvalue weighted by Crippen LogP contribution is 2.19. The summed E-state index contributed by atoms with van der Waals surface area (Å²) in [5.41, 5.74) is 2.02. The Morgan fingerprint density at radius 1 is 1.29 bits per heavy atom. The number of aromatic amines is 1. The van der Waals surface area contributed by atoms with Crippen molar-refractivity contribution in [3.63, 3.8) is 0 Å². The van der Waals surface area contributed by atoms with Gasteiger partial charge in [0.05, 0.1) is 0 Å². The highest BCUT2D eigenvalue weighted by Gasteiger charge is 2.19. The Balaban J connectivity index is 0.00000280. The standard InChI is InChI=1S/C21H32FN5.HI/c1-3-11-27-12-8-18(9-13-27)26-21(23-4-2)24-10-7-16-15-25-20-14-17(22)5-6-19(16)20;/h5-6,14-15,18,25H,3-4,7-13H2,1-2H3,(H2,23,24,26);1H. The second-order valence-electron chi connectivity index (χ2n) is 7.27. The number of likely N-dealkylation sites (tertiary alicyclic amines) is 1. The van der Waals surface area contributed by atoms with Crippen LogP contribution in [0.3, 0.4) is 0 Å². The second kappa shape index (κ2) is 11.6. The molecule has 1 aromatic heterocycles. The van der Waals surface area contributed by atoms with E-state index >= 15 is 0 Å². The minimum Gasteiger partial charge on any atom is -0.361 e. The number of rotatable bonds is 7. The summed E-state index contributed by atoms with van der Waals surface area (Å²) in [5.74, 6) is 0.690. The van der Waals surface area contributed by atoms with Crippen LogP contribution in [0.25, 0.3) is 10.9 Å². The van der Waals surface area contributed by atoms with Crippen molar-refractivity contribution in [1.82, 2.24) is 20.5 Å². The third-order valence-corrected chi connectivity index (χ3v) is 5.19. The van der Waals surface area contributed by atoms with Gasteiger partial charge in [-0.05, 0) is 62.9 Å². The van der Waals surface area contributed by atoms with Gasteiger partial charge in [0.2, 0.25) is 0 Å². The molecule has 0 bridgehead atoms. The molecule has 0 unspecified atom stereocenters. The van der Waals surface area contributed by atoms with Crippen molar-refractivity contribution in [3.8, 4) is 0 Å². The summed E-state index contributed by atoms with van der Waals surface area (Å²) in [6, 6.07) is 5.39. The first-order chi connectivity index (χ1) is 13.2. The first-order valence-corrected chi connectivity index (χ1v) is 10.2. The highest BCUT2D eigenvalue weighted by molar-refractivity contribution is 14.0. The van der Waals surface area contributed by atoms with Crippen LogP contribution in [0, 0.1) is 5.82 Å². The largest absolute Gasteiger partial charge is 0.361 e. The van der Waals surface area contributed by atoms with E-state index in [0.29, 0.717) is 12.6 Å². The second-order valence-corrected chi connectivity index (χ2v) is 7.27. The number of guanidine groups is 1. The van der Waals surface area contributed by atoms with Crippen molar-refractivity contribution in [2.75, 3.05) is 32.7 Å². The molecule has 1 aliphatic rings. The molecule has 1 fully saturated rings. The van der Waals surface area contributed by atoms with Gasteiger partial charge < -0.3 is 20.5 Å². The molecule has 0 radical (unpaired) electrons. The number of nitrogens with zero attached hydrogens (tertiary/aromatic N) is 2. The molecule has 1 aromatic carbocycles. The Bertz CT molecular complexity index is 752. The molecule has 7 heteroatoms. The van der Waals surface area contributed by atoms with Gasteiger partial charge in [-0.2, -0.15) is 0 Å². The van der Waals surface area contributed by atoms with Crippen LogP contribution in [-0.2, 0) is 6.42 Å². The molecule has 1 aliphatic heterocycles. The summed E-state index contributed by atoms with van der Waals surface area (Å²) in [6.07, 6.45) is 6.35. The zero-order chi connectivity index (χ0) is 19.1. The zero-order valence-corrected chi connectivity index (χ0v) is 19.3. The molecule has 28 heavy (non-hydrogen) atoms. The fourth-order valence-electron chi connectivity index (χ4n) is 3.78. The van der Waals surface area contributed by atoms with Crippen molar-refractivity contribution in [3.05, 3.63) is 35.8 Å². The van der Waals surface area contributed by atoms with Crippen LogP contribution in [0.15, 0.2) is 29.4 Å². The lowest BCUT2D eigenvalue weighted by Gasteiger charge is -2.32. The number of halogens is 2. The van der Waals surface area contributed by atoms with Crippen molar-refractivity contribution in [2.45, 2.75) is 45.6 Å². The minimum absolute atomic E-state index is 0. The van der Waals surface area contributed by atoms with Gasteiger partial charge in [0.1, 0.15) is 5.82 Å². The van der Waals surface area contributed by atoms with E-state index in [0.717, 1.165) is 42.9 Å². The molecule has 156 valence electrons. The smallest absolute Gasteiger partial charge is 0.191 e. The third-order valence-electron chi connectivity index (χ3n) is 5.19. The number of hydrogen-bond donors (Lipinski definition) is 3. The van der Waals surface area contributed by atoms with Gasteiger partial charge in [-0.15, -0.1) is 24.0 Å². The fraction of sp³-hybridized carbons (Fsp3) is 0.571. The molecule has 0 saturated carbocycles. The van der Waals surface area contributed by atoms with Gasteiger partial charge >= 0.3 is 0 Å². The molecule has 0 aliphatic carbocycles. The topological polar surface area (TPSA) is 55.5 Å². The zero-order valence-electron chi connectivity index (χ0n) is 16.9. The number of nitrogens with one attached hydrogen (secondary N) is 3. The van der Waals surface area contributed by atoms with E-state index in [4.69, 9.17) is 4.99 Å². The summed E-state index contributed by atoms with van der Waals surface area (Å²) in [4.78, 5) is 10.4. The summed E-state index contributed by atoms with van der Waals surface area (Å²) >= 11 is 0. The van der Waals surface area contributed by atoms with Crippen LogP contribution >= 0.6 is 24.0 Å². The van der Waals surface area contributed by atoms with E-state index in [1.807, 2.05) is 12.3 Å². The third kappa shape index (κ3) is 6.34. The highest BCUT2D eigenvalue weighted by atomic mass is 127. The maximum absolute atomic E-state index is 13.3. The summed E-state index contributed by atoms with van der Waals surface area (Å²) in [5, 5.41) is 8.03. The molecule has 2 aromatic rings. The van der Waals surface area contributed by atoms with Crippen LogP contribution < -0.4 is 10.6 Å². The average Bonchev–Trinajstić information content (AvgIpc) is 3.06. The summed E-state index contributed by atoms with van der Waals surface area (Å²) in [6.45, 7) is 9.42. The molecule has 1 saturated heterocycles. The van der Waals surface area contributed by atoms with Crippen LogP contribution in [-0.4, -0.2) is 54.6 Å². The Labute approximate surface area is 184 Å². The quantitative estimate of drug-likeness (QED) is 0.307. The average molecular weight is 501 g/mol. The van der Waals surface area contributed by atoms with Gasteiger partial charge in [-0.25, -0.2) is 4.39 Å². The Hall–Kier alpha value is -1.35. The maximum Gasteiger partial charge on any atom is 0.191 e. The molecule has 2 heterocycles.